The van der Waals surface area contributed by atoms with E-state index in [1.807, 2.05) is 6.92 Å². The zero-order valence-electron chi connectivity index (χ0n) is 13.9. The third-order valence-corrected chi connectivity index (χ3v) is 5.98. The maximum absolute atomic E-state index is 15.3. The van der Waals surface area contributed by atoms with Gasteiger partial charge >= 0.3 is 0 Å². The molecule has 2 aliphatic rings. The lowest BCUT2D eigenvalue weighted by atomic mass is 9.85. The molecular formula is C19H23F5. The maximum Gasteiger partial charge on any atom is 0.194 e. The van der Waals surface area contributed by atoms with Crippen LogP contribution in [0.4, 0.5) is 22.0 Å². The third-order valence-electron chi connectivity index (χ3n) is 5.98. The topological polar surface area (TPSA) is 0 Å². The van der Waals surface area contributed by atoms with Crippen molar-refractivity contribution < 1.29 is 22.0 Å². The van der Waals surface area contributed by atoms with Crippen molar-refractivity contribution in [3.05, 3.63) is 35.1 Å². The zero-order chi connectivity index (χ0) is 17.5. The second kappa shape index (κ2) is 6.30. The smallest absolute Gasteiger partial charge is 0.194 e. The van der Waals surface area contributed by atoms with Gasteiger partial charge in [0, 0.05) is 0 Å². The molecule has 1 aromatic rings. The Balaban J connectivity index is 1.80. The number of benzene rings is 1. The van der Waals surface area contributed by atoms with Gasteiger partial charge in [0.1, 0.15) is 11.3 Å². The lowest BCUT2D eigenvalue weighted by Crippen LogP contribution is -2.41. The minimum Gasteiger partial charge on any atom is -0.240 e. The molecular weight excluding hydrogens is 323 g/mol. The van der Waals surface area contributed by atoms with Crippen LogP contribution < -0.4 is 0 Å². The standard InChI is InChI=1S/C19H23F5/c1-2-3-12-10-18(23)6-4-13(5-7-19(18,24)11-12)14-8-15(20)17(22)16(21)9-14/h8-9,12-13H,2-7,10-11H2,1H3. The highest BCUT2D eigenvalue weighted by atomic mass is 19.2. The Morgan fingerprint density at radius 3 is 1.92 bits per heavy atom. The largest absolute Gasteiger partial charge is 0.240 e. The highest BCUT2D eigenvalue weighted by Crippen LogP contribution is 2.57. The summed E-state index contributed by atoms with van der Waals surface area (Å²) in [5.74, 6) is -4.27. The molecule has 0 aliphatic heterocycles. The van der Waals surface area contributed by atoms with Crippen molar-refractivity contribution in [1.82, 2.24) is 0 Å². The van der Waals surface area contributed by atoms with E-state index in [2.05, 4.69) is 0 Å². The average Bonchev–Trinajstić information content (AvgIpc) is 2.68. The molecule has 2 unspecified atom stereocenters. The molecule has 0 aromatic heterocycles. The van der Waals surface area contributed by atoms with E-state index in [-0.39, 0.29) is 37.5 Å². The van der Waals surface area contributed by atoms with Gasteiger partial charge in [0.15, 0.2) is 17.5 Å². The van der Waals surface area contributed by atoms with Crippen LogP contribution in [0, 0.1) is 23.4 Å². The van der Waals surface area contributed by atoms with Crippen molar-refractivity contribution in [2.45, 2.75) is 75.5 Å². The molecule has 1 aromatic carbocycles. The first-order valence-corrected chi connectivity index (χ1v) is 8.80. The Hall–Kier alpha value is -1.13. The molecule has 0 N–H and O–H groups in total. The summed E-state index contributed by atoms with van der Waals surface area (Å²) in [6.45, 7) is 2.01. The van der Waals surface area contributed by atoms with Gasteiger partial charge in [0.2, 0.25) is 0 Å². The lowest BCUT2D eigenvalue weighted by Gasteiger charge is -2.31. The van der Waals surface area contributed by atoms with Gasteiger partial charge in [-0.05, 0) is 68.1 Å². The van der Waals surface area contributed by atoms with E-state index in [9.17, 15) is 13.2 Å². The van der Waals surface area contributed by atoms with Gasteiger partial charge in [-0.1, -0.05) is 19.8 Å². The van der Waals surface area contributed by atoms with Crippen molar-refractivity contribution in [1.29, 1.82) is 0 Å². The molecule has 24 heavy (non-hydrogen) atoms. The van der Waals surface area contributed by atoms with Crippen LogP contribution in [0.1, 0.15) is 69.8 Å². The number of hydrogen-bond acceptors (Lipinski definition) is 0. The van der Waals surface area contributed by atoms with Crippen molar-refractivity contribution in [3.8, 4) is 0 Å². The molecule has 2 saturated carbocycles. The van der Waals surface area contributed by atoms with Crippen LogP contribution in [0.25, 0.3) is 0 Å². The molecule has 2 atom stereocenters. The van der Waals surface area contributed by atoms with Gasteiger partial charge in [-0.2, -0.15) is 0 Å². The monoisotopic (exact) mass is 346 g/mol. The summed E-state index contributed by atoms with van der Waals surface area (Å²) in [7, 11) is 0. The summed E-state index contributed by atoms with van der Waals surface area (Å²) < 4.78 is 70.6. The van der Waals surface area contributed by atoms with E-state index in [1.54, 1.807) is 0 Å². The SMILES string of the molecule is CCCC1CC2(F)CCC(c3cc(F)c(F)c(F)c3)CCC2(F)C1. The van der Waals surface area contributed by atoms with E-state index in [1.165, 1.54) is 0 Å². The van der Waals surface area contributed by atoms with Crippen molar-refractivity contribution in [2.24, 2.45) is 5.92 Å². The molecule has 0 spiro atoms. The van der Waals surface area contributed by atoms with Crippen LogP contribution in [0.3, 0.4) is 0 Å². The minimum atomic E-state index is -1.85. The lowest BCUT2D eigenvalue weighted by molar-refractivity contribution is -0.0198. The molecule has 0 saturated heterocycles. The second-order valence-electron chi connectivity index (χ2n) is 7.57. The highest BCUT2D eigenvalue weighted by Gasteiger charge is 2.60. The summed E-state index contributed by atoms with van der Waals surface area (Å²) in [6.07, 6.45) is 2.95. The number of hydrogen-bond donors (Lipinski definition) is 0. The second-order valence-corrected chi connectivity index (χ2v) is 7.57. The highest BCUT2D eigenvalue weighted by molar-refractivity contribution is 5.24. The minimum absolute atomic E-state index is 0.0506. The number of fused-ring (bicyclic) bond motifs is 1. The van der Waals surface area contributed by atoms with Gasteiger partial charge < -0.3 is 0 Å². The van der Waals surface area contributed by atoms with E-state index in [0.717, 1.165) is 25.0 Å². The van der Waals surface area contributed by atoms with Crippen LogP contribution in [-0.2, 0) is 0 Å². The summed E-state index contributed by atoms with van der Waals surface area (Å²) in [5, 5.41) is 0. The molecule has 3 rings (SSSR count). The summed E-state index contributed by atoms with van der Waals surface area (Å²) in [6, 6.07) is 1.92. The van der Waals surface area contributed by atoms with Gasteiger partial charge in [-0.25, -0.2) is 22.0 Å². The van der Waals surface area contributed by atoms with Crippen LogP contribution in [0.5, 0.6) is 0 Å². The first-order chi connectivity index (χ1) is 11.3. The Morgan fingerprint density at radius 2 is 1.46 bits per heavy atom. The zero-order valence-corrected chi connectivity index (χ0v) is 13.9. The Labute approximate surface area is 139 Å². The average molecular weight is 346 g/mol. The fourth-order valence-corrected chi connectivity index (χ4v) is 4.71. The molecule has 0 amide bonds. The molecule has 2 aliphatic carbocycles. The fourth-order valence-electron chi connectivity index (χ4n) is 4.71. The van der Waals surface area contributed by atoms with Crippen molar-refractivity contribution in [2.75, 3.05) is 0 Å². The normalized spacial score (nSPS) is 36.4. The molecule has 134 valence electrons. The van der Waals surface area contributed by atoms with Crippen LogP contribution in [0.2, 0.25) is 0 Å². The molecule has 0 radical (unpaired) electrons. The number of rotatable bonds is 3. The van der Waals surface area contributed by atoms with Gasteiger partial charge in [-0.3, -0.25) is 0 Å². The predicted octanol–water partition coefficient (Wildman–Crippen LogP) is 6.39. The fraction of sp³-hybridized carbons (Fsp3) is 0.684. The molecule has 0 heterocycles. The van der Waals surface area contributed by atoms with Crippen LogP contribution in [-0.4, -0.2) is 11.3 Å². The molecule has 0 nitrogen and oxygen atoms in total. The number of alkyl halides is 2. The van der Waals surface area contributed by atoms with Crippen LogP contribution >= 0.6 is 0 Å². The Morgan fingerprint density at radius 1 is 0.958 bits per heavy atom. The molecule has 0 bridgehead atoms. The van der Waals surface area contributed by atoms with E-state index in [4.69, 9.17) is 0 Å². The van der Waals surface area contributed by atoms with E-state index < -0.39 is 28.8 Å². The van der Waals surface area contributed by atoms with Crippen molar-refractivity contribution >= 4 is 0 Å². The van der Waals surface area contributed by atoms with Gasteiger partial charge in [-0.15, -0.1) is 0 Å². The van der Waals surface area contributed by atoms with E-state index >= 15 is 8.78 Å². The molecule has 2 fully saturated rings. The predicted molar refractivity (Wildman–Crippen MR) is 82.8 cm³/mol. The first-order valence-electron chi connectivity index (χ1n) is 8.80. The Bertz CT molecular complexity index is 571. The van der Waals surface area contributed by atoms with Crippen LogP contribution in [0.15, 0.2) is 12.1 Å². The summed E-state index contributed by atoms with van der Waals surface area (Å²) in [5.41, 5.74) is -3.40. The summed E-state index contributed by atoms with van der Waals surface area (Å²) >= 11 is 0. The maximum atomic E-state index is 15.3. The first kappa shape index (κ1) is 17.7. The third kappa shape index (κ3) is 2.95. The van der Waals surface area contributed by atoms with Gasteiger partial charge in [0.25, 0.3) is 0 Å². The molecule has 5 heteroatoms. The van der Waals surface area contributed by atoms with E-state index in [0.29, 0.717) is 18.4 Å². The Kier molecular flexibility index (Phi) is 4.65. The van der Waals surface area contributed by atoms with Gasteiger partial charge in [0.05, 0.1) is 0 Å². The quantitative estimate of drug-likeness (QED) is 0.439. The van der Waals surface area contributed by atoms with Crippen molar-refractivity contribution in [3.63, 3.8) is 0 Å². The summed E-state index contributed by atoms with van der Waals surface area (Å²) in [4.78, 5) is 0. The number of halogens is 5.